The SMILES string of the molecule is CN1CCN(c2ccc(Cl)c(C(=O)/C=C/c3ccc(/C=C/C(=O)NO)cc3)c2)CC1. The normalized spacial score (nSPS) is 15.1. The Morgan fingerprint density at radius 1 is 0.967 bits per heavy atom. The number of hydrogen-bond acceptors (Lipinski definition) is 5. The maximum Gasteiger partial charge on any atom is 0.267 e. The van der Waals surface area contributed by atoms with Crippen LogP contribution in [0.4, 0.5) is 5.69 Å². The molecule has 1 aliphatic rings. The van der Waals surface area contributed by atoms with Gasteiger partial charge < -0.3 is 9.80 Å². The zero-order chi connectivity index (χ0) is 21.5. The quantitative estimate of drug-likeness (QED) is 0.321. The fourth-order valence-electron chi connectivity index (χ4n) is 3.15. The molecule has 2 aromatic carbocycles. The fraction of sp³-hybridized carbons (Fsp3) is 0.217. The number of rotatable bonds is 6. The largest absolute Gasteiger partial charge is 0.369 e. The molecule has 0 saturated carbocycles. The number of carbonyl (C=O) groups is 2. The van der Waals surface area contributed by atoms with E-state index in [0.29, 0.717) is 10.6 Å². The lowest BCUT2D eigenvalue weighted by Gasteiger charge is -2.34. The van der Waals surface area contributed by atoms with Gasteiger partial charge in [0.2, 0.25) is 0 Å². The summed E-state index contributed by atoms with van der Waals surface area (Å²) in [7, 11) is 2.10. The zero-order valence-electron chi connectivity index (χ0n) is 16.7. The number of piperazine rings is 1. The molecular formula is C23H24ClN3O3. The first-order chi connectivity index (χ1) is 14.5. The summed E-state index contributed by atoms with van der Waals surface area (Å²) >= 11 is 6.29. The Bertz CT molecular complexity index is 962. The van der Waals surface area contributed by atoms with E-state index in [-0.39, 0.29) is 5.78 Å². The second kappa shape index (κ2) is 10.2. The summed E-state index contributed by atoms with van der Waals surface area (Å²) in [5.74, 6) is -0.750. The van der Waals surface area contributed by atoms with Gasteiger partial charge in [0, 0.05) is 43.5 Å². The molecule has 1 fully saturated rings. The molecule has 0 aromatic heterocycles. The summed E-state index contributed by atoms with van der Waals surface area (Å²) in [6.07, 6.45) is 6.05. The molecule has 0 atom stereocenters. The van der Waals surface area contributed by atoms with Gasteiger partial charge in [-0.15, -0.1) is 0 Å². The molecule has 2 N–H and O–H groups in total. The van der Waals surface area contributed by atoms with Crippen molar-refractivity contribution in [3.8, 4) is 0 Å². The van der Waals surface area contributed by atoms with Gasteiger partial charge in [-0.2, -0.15) is 0 Å². The van der Waals surface area contributed by atoms with Gasteiger partial charge in [-0.1, -0.05) is 41.9 Å². The molecule has 2 aromatic rings. The third-order valence-electron chi connectivity index (χ3n) is 4.98. The summed E-state index contributed by atoms with van der Waals surface area (Å²) in [6.45, 7) is 3.81. The Hall–Kier alpha value is -2.93. The zero-order valence-corrected chi connectivity index (χ0v) is 17.5. The molecule has 1 saturated heterocycles. The van der Waals surface area contributed by atoms with Crippen LogP contribution in [0.3, 0.4) is 0 Å². The molecule has 1 heterocycles. The van der Waals surface area contributed by atoms with E-state index in [1.807, 2.05) is 36.4 Å². The highest BCUT2D eigenvalue weighted by atomic mass is 35.5. The van der Waals surface area contributed by atoms with E-state index in [2.05, 4.69) is 16.8 Å². The number of nitrogens with zero attached hydrogens (tertiary/aromatic N) is 2. The first kappa shape index (κ1) is 21.8. The number of anilines is 1. The maximum atomic E-state index is 12.7. The van der Waals surface area contributed by atoms with Crippen molar-refractivity contribution in [2.24, 2.45) is 0 Å². The van der Waals surface area contributed by atoms with E-state index >= 15 is 0 Å². The van der Waals surface area contributed by atoms with Gasteiger partial charge in [0.25, 0.3) is 5.91 Å². The second-order valence-corrected chi connectivity index (χ2v) is 7.54. The summed E-state index contributed by atoms with van der Waals surface area (Å²) < 4.78 is 0. The minimum atomic E-state index is -0.597. The van der Waals surface area contributed by atoms with Crippen molar-refractivity contribution in [2.45, 2.75) is 0 Å². The molecule has 0 aliphatic carbocycles. The van der Waals surface area contributed by atoms with Crippen LogP contribution in [0.1, 0.15) is 21.5 Å². The monoisotopic (exact) mass is 425 g/mol. The Morgan fingerprint density at radius 3 is 2.17 bits per heavy atom. The summed E-state index contributed by atoms with van der Waals surface area (Å²) in [6, 6.07) is 12.9. The van der Waals surface area contributed by atoms with Crippen LogP contribution in [-0.2, 0) is 4.79 Å². The standard InChI is InChI=1S/C23H24ClN3O3/c1-26-12-14-27(15-13-26)19-8-9-21(24)20(16-19)22(28)10-6-17-2-4-18(5-3-17)7-11-23(29)25-30/h2-11,16,30H,12-15H2,1H3,(H,25,29)/b10-6+,11-7+. The lowest BCUT2D eigenvalue weighted by Crippen LogP contribution is -2.44. The molecule has 0 spiro atoms. The molecule has 7 heteroatoms. The Kier molecular flexibility index (Phi) is 7.41. The van der Waals surface area contributed by atoms with Gasteiger partial charge in [0.15, 0.2) is 5.78 Å². The lowest BCUT2D eigenvalue weighted by atomic mass is 10.1. The molecule has 0 radical (unpaired) electrons. The van der Waals surface area contributed by atoms with Gasteiger partial charge in [0.1, 0.15) is 0 Å². The average molecular weight is 426 g/mol. The van der Waals surface area contributed by atoms with Crippen LogP contribution < -0.4 is 10.4 Å². The summed E-state index contributed by atoms with van der Waals surface area (Å²) in [5, 5.41) is 8.92. The first-order valence-electron chi connectivity index (χ1n) is 9.64. The smallest absolute Gasteiger partial charge is 0.267 e. The van der Waals surface area contributed by atoms with Crippen LogP contribution in [0.25, 0.3) is 12.2 Å². The molecule has 6 nitrogen and oxygen atoms in total. The molecule has 156 valence electrons. The molecule has 30 heavy (non-hydrogen) atoms. The number of hydroxylamine groups is 1. The Labute approximate surface area is 181 Å². The lowest BCUT2D eigenvalue weighted by molar-refractivity contribution is -0.124. The number of allylic oxidation sites excluding steroid dienone is 1. The second-order valence-electron chi connectivity index (χ2n) is 7.13. The molecule has 3 rings (SSSR count). The van der Waals surface area contributed by atoms with Crippen LogP contribution >= 0.6 is 11.6 Å². The van der Waals surface area contributed by atoms with Crippen LogP contribution in [-0.4, -0.2) is 55.0 Å². The number of amides is 1. The Balaban J connectivity index is 1.69. The van der Waals surface area contributed by atoms with Crippen molar-refractivity contribution in [3.63, 3.8) is 0 Å². The van der Waals surface area contributed by atoms with E-state index in [1.54, 1.807) is 18.2 Å². The van der Waals surface area contributed by atoms with Crippen LogP contribution in [0, 0.1) is 0 Å². The van der Waals surface area contributed by atoms with Crippen LogP contribution in [0.5, 0.6) is 0 Å². The van der Waals surface area contributed by atoms with Crippen molar-refractivity contribution in [3.05, 3.63) is 76.3 Å². The minimum Gasteiger partial charge on any atom is -0.369 e. The van der Waals surface area contributed by atoms with E-state index in [4.69, 9.17) is 16.8 Å². The third kappa shape index (κ3) is 5.79. The molecular weight excluding hydrogens is 402 g/mol. The fourth-order valence-corrected chi connectivity index (χ4v) is 3.36. The molecule has 1 amide bonds. The van der Waals surface area contributed by atoms with Gasteiger partial charge in [-0.25, -0.2) is 5.48 Å². The third-order valence-corrected chi connectivity index (χ3v) is 5.31. The van der Waals surface area contributed by atoms with Crippen LogP contribution in [0.2, 0.25) is 5.02 Å². The van der Waals surface area contributed by atoms with Crippen molar-refractivity contribution in [1.82, 2.24) is 10.4 Å². The van der Waals surface area contributed by atoms with Gasteiger partial charge in [0.05, 0.1) is 5.02 Å². The first-order valence-corrected chi connectivity index (χ1v) is 10.0. The van der Waals surface area contributed by atoms with Crippen LogP contribution in [0.15, 0.2) is 54.6 Å². The highest BCUT2D eigenvalue weighted by Gasteiger charge is 2.16. The number of hydrogen-bond donors (Lipinski definition) is 2. The highest BCUT2D eigenvalue weighted by Crippen LogP contribution is 2.25. The average Bonchev–Trinajstić information content (AvgIpc) is 2.77. The predicted molar refractivity (Wildman–Crippen MR) is 120 cm³/mol. The highest BCUT2D eigenvalue weighted by molar-refractivity contribution is 6.34. The maximum absolute atomic E-state index is 12.7. The number of carbonyl (C=O) groups excluding carboxylic acids is 2. The van der Waals surface area contributed by atoms with Crippen molar-refractivity contribution in [2.75, 3.05) is 38.1 Å². The van der Waals surface area contributed by atoms with Gasteiger partial charge >= 0.3 is 0 Å². The molecule has 1 aliphatic heterocycles. The van der Waals surface area contributed by atoms with Crippen molar-refractivity contribution < 1.29 is 14.8 Å². The van der Waals surface area contributed by atoms with E-state index < -0.39 is 5.91 Å². The summed E-state index contributed by atoms with van der Waals surface area (Å²) in [5.41, 5.74) is 4.67. The minimum absolute atomic E-state index is 0.153. The number of nitrogens with one attached hydrogen (secondary N) is 1. The number of benzene rings is 2. The molecule has 0 bridgehead atoms. The van der Waals surface area contributed by atoms with E-state index in [0.717, 1.165) is 43.0 Å². The topological polar surface area (TPSA) is 72.9 Å². The number of likely N-dealkylation sites (N-methyl/N-ethyl adjacent to an activating group) is 1. The number of halogens is 1. The van der Waals surface area contributed by atoms with Gasteiger partial charge in [-0.05, 0) is 48.5 Å². The van der Waals surface area contributed by atoms with E-state index in [1.165, 1.54) is 17.6 Å². The van der Waals surface area contributed by atoms with Gasteiger partial charge in [-0.3, -0.25) is 14.8 Å². The predicted octanol–water partition coefficient (Wildman–Crippen LogP) is 3.51. The molecule has 0 unspecified atom stereocenters. The Morgan fingerprint density at radius 2 is 1.57 bits per heavy atom. The number of ketones is 1. The summed E-state index contributed by atoms with van der Waals surface area (Å²) in [4.78, 5) is 28.3. The van der Waals surface area contributed by atoms with Crippen molar-refractivity contribution in [1.29, 1.82) is 0 Å². The van der Waals surface area contributed by atoms with E-state index in [9.17, 15) is 9.59 Å². The van der Waals surface area contributed by atoms with Crippen molar-refractivity contribution >= 4 is 41.1 Å².